The number of piperazine rings is 1. The van der Waals surface area contributed by atoms with Gasteiger partial charge in [0.2, 0.25) is 11.8 Å². The Morgan fingerprint density at radius 2 is 1.90 bits per heavy atom. The van der Waals surface area contributed by atoms with Crippen LogP contribution < -0.4 is 10.1 Å². The standard InChI is InChI=1S/C24H38N4O3/c1-4-5-13-28-22(29)11-10-20(23(28)19-8-6-7-9-21(19)31-3)24(30)25-12-14-27-17-15-26(2)16-18-27/h6-9,20,23H,4-5,10-18H2,1-3H3,(H,25,30). The van der Waals surface area contributed by atoms with Gasteiger partial charge in [0.05, 0.1) is 19.1 Å². The van der Waals surface area contributed by atoms with Crippen molar-refractivity contribution < 1.29 is 14.3 Å². The van der Waals surface area contributed by atoms with Gasteiger partial charge >= 0.3 is 0 Å². The van der Waals surface area contributed by atoms with E-state index < -0.39 is 0 Å². The predicted octanol–water partition coefficient (Wildman–Crippen LogP) is 2.14. The van der Waals surface area contributed by atoms with Gasteiger partial charge in [0.15, 0.2) is 0 Å². The number of piperidine rings is 1. The molecule has 0 spiro atoms. The van der Waals surface area contributed by atoms with E-state index in [1.54, 1.807) is 7.11 Å². The summed E-state index contributed by atoms with van der Waals surface area (Å²) in [4.78, 5) is 32.8. The first-order valence-electron chi connectivity index (χ1n) is 11.7. The largest absolute Gasteiger partial charge is 0.496 e. The number of amides is 2. The lowest BCUT2D eigenvalue weighted by atomic mass is 9.83. The van der Waals surface area contributed by atoms with Gasteiger partial charge in [0.25, 0.3) is 0 Å². The molecule has 2 heterocycles. The number of carbonyl (C=O) groups is 2. The Hall–Kier alpha value is -2.12. The van der Waals surface area contributed by atoms with E-state index in [4.69, 9.17) is 4.74 Å². The molecule has 0 radical (unpaired) electrons. The molecule has 2 fully saturated rings. The molecular weight excluding hydrogens is 392 g/mol. The number of unbranched alkanes of at least 4 members (excludes halogenated alkanes) is 1. The minimum absolute atomic E-state index is 0.0408. The maximum atomic E-state index is 13.3. The molecule has 2 amide bonds. The summed E-state index contributed by atoms with van der Waals surface area (Å²) in [5.74, 6) is 0.641. The highest BCUT2D eigenvalue weighted by Gasteiger charge is 2.41. The van der Waals surface area contributed by atoms with Gasteiger partial charge in [0.1, 0.15) is 5.75 Å². The number of likely N-dealkylation sites (N-methyl/N-ethyl adjacent to an activating group) is 1. The lowest BCUT2D eigenvalue weighted by Gasteiger charge is -2.41. The summed E-state index contributed by atoms with van der Waals surface area (Å²) < 4.78 is 5.60. The summed E-state index contributed by atoms with van der Waals surface area (Å²) in [6.45, 7) is 8.52. The van der Waals surface area contributed by atoms with Crippen molar-refractivity contribution in [3.05, 3.63) is 29.8 Å². The average Bonchev–Trinajstić information content (AvgIpc) is 2.79. The Balaban J connectivity index is 1.72. The van der Waals surface area contributed by atoms with E-state index in [1.165, 1.54) is 0 Å². The van der Waals surface area contributed by atoms with Crippen LogP contribution in [0.2, 0.25) is 0 Å². The van der Waals surface area contributed by atoms with Crippen molar-refractivity contribution in [1.82, 2.24) is 20.0 Å². The number of nitrogens with zero attached hydrogens (tertiary/aromatic N) is 3. The highest BCUT2D eigenvalue weighted by atomic mass is 16.5. The third-order valence-corrected chi connectivity index (χ3v) is 6.58. The zero-order valence-corrected chi connectivity index (χ0v) is 19.3. The summed E-state index contributed by atoms with van der Waals surface area (Å²) in [5.41, 5.74) is 0.924. The highest BCUT2D eigenvalue weighted by Crippen LogP contribution is 2.40. The number of benzene rings is 1. The second-order valence-electron chi connectivity index (χ2n) is 8.71. The average molecular weight is 431 g/mol. The molecule has 2 unspecified atom stereocenters. The molecule has 31 heavy (non-hydrogen) atoms. The number of hydrogen-bond donors (Lipinski definition) is 1. The fraction of sp³-hybridized carbons (Fsp3) is 0.667. The highest BCUT2D eigenvalue weighted by molar-refractivity contribution is 5.85. The lowest BCUT2D eigenvalue weighted by Crippen LogP contribution is -2.50. The molecule has 2 saturated heterocycles. The van der Waals surface area contributed by atoms with Crippen molar-refractivity contribution >= 4 is 11.8 Å². The first-order valence-corrected chi connectivity index (χ1v) is 11.7. The Morgan fingerprint density at radius 1 is 1.16 bits per heavy atom. The number of nitrogens with one attached hydrogen (secondary N) is 1. The van der Waals surface area contributed by atoms with E-state index in [9.17, 15) is 9.59 Å². The van der Waals surface area contributed by atoms with Crippen molar-refractivity contribution in [1.29, 1.82) is 0 Å². The van der Waals surface area contributed by atoms with Crippen molar-refractivity contribution in [2.45, 2.75) is 38.6 Å². The van der Waals surface area contributed by atoms with Crippen LogP contribution in [0.3, 0.4) is 0 Å². The van der Waals surface area contributed by atoms with E-state index in [0.29, 0.717) is 25.9 Å². The van der Waals surface area contributed by atoms with Crippen LogP contribution in [0.1, 0.15) is 44.2 Å². The molecule has 172 valence electrons. The molecule has 2 aliphatic heterocycles. The van der Waals surface area contributed by atoms with Crippen LogP contribution in [0.4, 0.5) is 0 Å². The minimum Gasteiger partial charge on any atom is -0.496 e. The van der Waals surface area contributed by atoms with Crippen molar-refractivity contribution in [3.63, 3.8) is 0 Å². The summed E-state index contributed by atoms with van der Waals surface area (Å²) in [5, 5.41) is 3.17. The Labute approximate surface area is 186 Å². The number of ether oxygens (including phenoxy) is 1. The summed E-state index contributed by atoms with van der Waals surface area (Å²) in [6.07, 6.45) is 2.93. The van der Waals surface area contributed by atoms with Gasteiger partial charge in [0, 0.05) is 57.8 Å². The van der Waals surface area contributed by atoms with Gasteiger partial charge < -0.3 is 19.9 Å². The van der Waals surface area contributed by atoms with Crippen molar-refractivity contribution in [2.24, 2.45) is 5.92 Å². The zero-order valence-electron chi connectivity index (χ0n) is 19.3. The molecule has 7 nitrogen and oxygen atoms in total. The first-order chi connectivity index (χ1) is 15.0. The van der Waals surface area contributed by atoms with Crippen LogP contribution >= 0.6 is 0 Å². The van der Waals surface area contributed by atoms with Gasteiger partial charge in [-0.3, -0.25) is 14.5 Å². The monoisotopic (exact) mass is 430 g/mol. The second-order valence-corrected chi connectivity index (χ2v) is 8.71. The molecule has 1 N–H and O–H groups in total. The van der Waals surface area contributed by atoms with Crippen LogP contribution in [0, 0.1) is 5.92 Å². The number of carbonyl (C=O) groups excluding carboxylic acids is 2. The number of rotatable bonds is 9. The van der Waals surface area contributed by atoms with Crippen LogP contribution in [0.25, 0.3) is 0 Å². The molecule has 2 aliphatic rings. The molecule has 2 atom stereocenters. The number of hydrogen-bond acceptors (Lipinski definition) is 5. The molecule has 7 heteroatoms. The molecule has 0 bridgehead atoms. The number of methoxy groups -OCH3 is 1. The quantitative estimate of drug-likeness (QED) is 0.650. The molecule has 0 saturated carbocycles. The normalized spacial score (nSPS) is 23.1. The van der Waals surface area contributed by atoms with Crippen molar-refractivity contribution in [2.75, 3.05) is 60.0 Å². The fourth-order valence-electron chi connectivity index (χ4n) is 4.65. The van der Waals surface area contributed by atoms with E-state index in [0.717, 1.165) is 56.9 Å². The first kappa shape index (κ1) is 23.5. The van der Waals surface area contributed by atoms with Crippen molar-refractivity contribution in [3.8, 4) is 5.75 Å². The van der Waals surface area contributed by atoms with Gasteiger partial charge in [-0.25, -0.2) is 0 Å². The molecule has 0 aliphatic carbocycles. The minimum atomic E-state index is -0.285. The van der Waals surface area contributed by atoms with E-state index in [2.05, 4.69) is 29.1 Å². The fourth-order valence-corrected chi connectivity index (χ4v) is 4.65. The van der Waals surface area contributed by atoms with Gasteiger partial charge in [-0.1, -0.05) is 31.5 Å². The molecule has 0 aromatic heterocycles. The smallest absolute Gasteiger partial charge is 0.225 e. The Morgan fingerprint density at radius 3 is 2.61 bits per heavy atom. The third kappa shape index (κ3) is 5.98. The van der Waals surface area contributed by atoms with Crippen LogP contribution in [0.15, 0.2) is 24.3 Å². The third-order valence-electron chi connectivity index (χ3n) is 6.58. The summed E-state index contributed by atoms with van der Waals surface area (Å²) in [7, 11) is 3.79. The van der Waals surface area contributed by atoms with E-state index in [-0.39, 0.29) is 23.8 Å². The topological polar surface area (TPSA) is 65.1 Å². The van der Waals surface area contributed by atoms with E-state index >= 15 is 0 Å². The van der Waals surface area contributed by atoms with Crippen LogP contribution in [-0.4, -0.2) is 86.5 Å². The molecular formula is C24H38N4O3. The zero-order chi connectivity index (χ0) is 22.2. The summed E-state index contributed by atoms with van der Waals surface area (Å²) in [6, 6.07) is 7.50. The predicted molar refractivity (Wildman–Crippen MR) is 122 cm³/mol. The number of para-hydroxylation sites is 1. The Kier molecular flexibility index (Phi) is 8.72. The number of likely N-dealkylation sites (tertiary alicyclic amines) is 1. The molecule has 1 aromatic carbocycles. The molecule has 3 rings (SSSR count). The van der Waals surface area contributed by atoms with E-state index in [1.807, 2.05) is 29.2 Å². The molecule has 1 aromatic rings. The van der Waals surface area contributed by atoms with Gasteiger partial charge in [-0.05, 0) is 26.0 Å². The maximum absolute atomic E-state index is 13.3. The Bertz CT molecular complexity index is 733. The van der Waals surface area contributed by atoms with Gasteiger partial charge in [-0.2, -0.15) is 0 Å². The lowest BCUT2D eigenvalue weighted by molar-refractivity contribution is -0.143. The van der Waals surface area contributed by atoms with Gasteiger partial charge in [-0.15, -0.1) is 0 Å². The summed E-state index contributed by atoms with van der Waals surface area (Å²) >= 11 is 0. The SMILES string of the molecule is CCCCN1C(=O)CCC(C(=O)NCCN2CCN(C)CC2)C1c1ccccc1OC. The second kappa shape index (κ2) is 11.5. The maximum Gasteiger partial charge on any atom is 0.225 e. The van der Waals surface area contributed by atoms with Crippen LogP contribution in [-0.2, 0) is 9.59 Å². The van der Waals surface area contributed by atoms with Crippen LogP contribution in [0.5, 0.6) is 5.75 Å².